The Bertz CT molecular complexity index is 1010. The van der Waals surface area contributed by atoms with Crippen LogP contribution in [0.1, 0.15) is 34.3 Å². The second-order valence-electron chi connectivity index (χ2n) is 7.52. The number of carbonyl (C=O) groups excluding carboxylic acids is 1. The average Bonchev–Trinajstić information content (AvgIpc) is 3.33. The second kappa shape index (κ2) is 6.94. The lowest BCUT2D eigenvalue weighted by atomic mass is 9.66. The Hall–Kier alpha value is -2.20. The van der Waals surface area contributed by atoms with Gasteiger partial charge in [-0.1, -0.05) is 6.07 Å². The van der Waals surface area contributed by atoms with Crippen molar-refractivity contribution in [1.82, 2.24) is 0 Å². The van der Waals surface area contributed by atoms with E-state index in [-0.39, 0.29) is 31.2 Å². The fourth-order valence-electron chi connectivity index (χ4n) is 4.73. The summed E-state index contributed by atoms with van der Waals surface area (Å²) in [6.45, 7) is 2.27. The van der Waals surface area contributed by atoms with Gasteiger partial charge in [-0.05, 0) is 47.4 Å². The summed E-state index contributed by atoms with van der Waals surface area (Å²) < 4.78 is 27.4. The van der Waals surface area contributed by atoms with E-state index in [0.29, 0.717) is 23.0 Å². The molecule has 0 aromatic heterocycles. The smallest absolute Gasteiger partial charge is 0.310 e. The number of benzene rings is 2. The maximum Gasteiger partial charge on any atom is 0.310 e. The van der Waals surface area contributed by atoms with Crippen molar-refractivity contribution >= 4 is 29.0 Å². The standard InChI is InChI=1S/C21H19IO7/c1-9-3-10(4-16(25-2)20(9)29-22)17-11-5-14-15(28-8-27-14)6-12(11)19(23)13-7-26-21(24)18(13)17/h3-6,13,17-19,23H,7-8H2,1-2H3. The van der Waals surface area contributed by atoms with Gasteiger partial charge in [0, 0.05) is 11.8 Å². The fourth-order valence-corrected chi connectivity index (χ4v) is 5.30. The lowest BCUT2D eigenvalue weighted by molar-refractivity contribution is -0.141. The zero-order valence-electron chi connectivity index (χ0n) is 15.8. The van der Waals surface area contributed by atoms with Crippen LogP contribution in [0.5, 0.6) is 23.0 Å². The van der Waals surface area contributed by atoms with E-state index < -0.39 is 12.0 Å². The number of aryl methyl sites for hydroxylation is 1. The first-order valence-electron chi connectivity index (χ1n) is 9.28. The molecule has 1 fully saturated rings. The van der Waals surface area contributed by atoms with Crippen LogP contribution >= 0.6 is 23.0 Å². The van der Waals surface area contributed by atoms with Crippen LogP contribution in [0.4, 0.5) is 0 Å². The largest absolute Gasteiger partial charge is 0.493 e. The van der Waals surface area contributed by atoms with Gasteiger partial charge in [0.15, 0.2) is 46.0 Å². The number of carbonyl (C=O) groups is 1. The normalized spacial score (nSPS) is 26.6. The van der Waals surface area contributed by atoms with Crippen molar-refractivity contribution in [2.75, 3.05) is 20.5 Å². The van der Waals surface area contributed by atoms with E-state index in [0.717, 1.165) is 22.3 Å². The number of cyclic esters (lactones) is 1. The van der Waals surface area contributed by atoms with E-state index in [1.165, 1.54) is 0 Å². The lowest BCUT2D eigenvalue weighted by Gasteiger charge is -2.37. The molecule has 3 aliphatic rings. The molecule has 0 saturated carbocycles. The minimum absolute atomic E-state index is 0.141. The molecule has 2 aliphatic heterocycles. The van der Waals surface area contributed by atoms with Crippen LogP contribution in [0.15, 0.2) is 24.3 Å². The predicted molar refractivity (Wildman–Crippen MR) is 110 cm³/mol. The first-order chi connectivity index (χ1) is 14.0. The maximum absolute atomic E-state index is 12.7. The monoisotopic (exact) mass is 510 g/mol. The lowest BCUT2D eigenvalue weighted by Crippen LogP contribution is -2.34. The Balaban J connectivity index is 1.74. The molecule has 2 aromatic carbocycles. The van der Waals surface area contributed by atoms with Crippen LogP contribution in [0, 0.1) is 18.8 Å². The third kappa shape index (κ3) is 2.76. The third-order valence-corrected chi connectivity index (χ3v) is 6.51. The summed E-state index contributed by atoms with van der Waals surface area (Å²) >= 11 is 1.83. The molecule has 2 aromatic rings. The van der Waals surface area contributed by atoms with Gasteiger partial charge in [-0.15, -0.1) is 0 Å². The zero-order chi connectivity index (χ0) is 20.3. The summed E-state index contributed by atoms with van der Waals surface area (Å²) in [6.07, 6.45) is -0.813. The quantitative estimate of drug-likeness (QED) is 0.501. The number of aliphatic hydroxyl groups is 1. The molecule has 4 atom stereocenters. The van der Waals surface area contributed by atoms with Gasteiger partial charge < -0.3 is 27.1 Å². The first kappa shape index (κ1) is 18.8. The van der Waals surface area contributed by atoms with E-state index in [1.807, 2.05) is 54.2 Å². The molecule has 0 radical (unpaired) electrons. The molecule has 29 heavy (non-hydrogen) atoms. The van der Waals surface area contributed by atoms with E-state index >= 15 is 0 Å². The molecular weight excluding hydrogens is 491 g/mol. The van der Waals surface area contributed by atoms with Crippen LogP contribution in [-0.2, 0) is 9.53 Å². The molecule has 5 rings (SSSR count). The highest BCUT2D eigenvalue weighted by molar-refractivity contribution is 14.1. The topological polar surface area (TPSA) is 83.5 Å². The number of aliphatic hydroxyl groups excluding tert-OH is 1. The summed E-state index contributed by atoms with van der Waals surface area (Å²) in [6, 6.07) is 7.58. The van der Waals surface area contributed by atoms with Crippen molar-refractivity contribution in [2.24, 2.45) is 11.8 Å². The molecule has 8 heteroatoms. The molecule has 0 bridgehead atoms. The number of rotatable bonds is 3. The van der Waals surface area contributed by atoms with E-state index in [9.17, 15) is 9.90 Å². The van der Waals surface area contributed by atoms with Crippen molar-refractivity contribution in [3.63, 3.8) is 0 Å². The van der Waals surface area contributed by atoms with Crippen molar-refractivity contribution < 1.29 is 31.9 Å². The molecule has 0 spiro atoms. The summed E-state index contributed by atoms with van der Waals surface area (Å²) in [7, 11) is 1.58. The summed E-state index contributed by atoms with van der Waals surface area (Å²) in [5, 5.41) is 11.0. The van der Waals surface area contributed by atoms with Gasteiger partial charge in [-0.2, -0.15) is 0 Å². The van der Waals surface area contributed by atoms with Gasteiger partial charge in [-0.25, -0.2) is 0 Å². The number of hydrogen-bond donors (Lipinski definition) is 1. The van der Waals surface area contributed by atoms with E-state index in [1.54, 1.807) is 7.11 Å². The van der Waals surface area contributed by atoms with Crippen LogP contribution in [0.25, 0.3) is 0 Å². The highest BCUT2D eigenvalue weighted by Crippen LogP contribution is 2.54. The van der Waals surface area contributed by atoms with Gasteiger partial charge >= 0.3 is 5.97 Å². The zero-order valence-corrected chi connectivity index (χ0v) is 18.0. The Morgan fingerprint density at radius 3 is 2.52 bits per heavy atom. The van der Waals surface area contributed by atoms with Gasteiger partial charge in [0.05, 0.1) is 25.7 Å². The van der Waals surface area contributed by atoms with Crippen molar-refractivity contribution in [3.05, 3.63) is 46.5 Å². The van der Waals surface area contributed by atoms with Gasteiger partial charge in [0.1, 0.15) is 0 Å². The molecule has 4 unspecified atom stereocenters. The van der Waals surface area contributed by atoms with Crippen molar-refractivity contribution in [1.29, 1.82) is 0 Å². The Morgan fingerprint density at radius 1 is 1.10 bits per heavy atom. The number of esters is 1. The van der Waals surface area contributed by atoms with Crippen molar-refractivity contribution in [2.45, 2.75) is 18.9 Å². The van der Waals surface area contributed by atoms with Crippen LogP contribution < -0.4 is 17.3 Å². The summed E-state index contributed by atoms with van der Waals surface area (Å²) in [5.74, 6) is 1.02. The average molecular weight is 510 g/mol. The van der Waals surface area contributed by atoms with Gasteiger partial charge in [0.25, 0.3) is 0 Å². The minimum Gasteiger partial charge on any atom is -0.493 e. The number of ether oxygens (including phenoxy) is 4. The predicted octanol–water partition coefficient (Wildman–Crippen LogP) is 3.43. The van der Waals surface area contributed by atoms with Crippen LogP contribution in [0.3, 0.4) is 0 Å². The minimum atomic E-state index is -0.813. The fraction of sp³-hybridized carbons (Fsp3) is 0.381. The number of methoxy groups -OCH3 is 1. The number of hydrogen-bond acceptors (Lipinski definition) is 7. The SMILES string of the molecule is COc1cc(C2c3cc4c(cc3C(O)C3COC(=O)C23)OCO4)cc(C)c1OI. The molecule has 7 nitrogen and oxygen atoms in total. The molecule has 1 saturated heterocycles. The molecule has 1 N–H and O–H groups in total. The number of halogens is 1. The number of fused-ring (bicyclic) bond motifs is 3. The highest BCUT2D eigenvalue weighted by atomic mass is 127. The van der Waals surface area contributed by atoms with Gasteiger partial charge in [-0.3, -0.25) is 4.79 Å². The van der Waals surface area contributed by atoms with E-state index in [4.69, 9.17) is 22.0 Å². The van der Waals surface area contributed by atoms with Crippen LogP contribution in [0.2, 0.25) is 0 Å². The molecule has 1 aliphatic carbocycles. The summed E-state index contributed by atoms with van der Waals surface area (Å²) in [4.78, 5) is 12.7. The first-order valence-corrected chi connectivity index (χ1v) is 10.2. The second-order valence-corrected chi connectivity index (χ2v) is 7.96. The molecule has 0 amide bonds. The van der Waals surface area contributed by atoms with Crippen LogP contribution in [-0.4, -0.2) is 31.6 Å². The van der Waals surface area contributed by atoms with Crippen molar-refractivity contribution in [3.8, 4) is 23.0 Å². The third-order valence-electron chi connectivity index (χ3n) is 6.07. The summed E-state index contributed by atoms with van der Waals surface area (Å²) in [5.41, 5.74) is 3.37. The maximum atomic E-state index is 12.7. The van der Waals surface area contributed by atoms with Gasteiger partial charge in [0.2, 0.25) is 6.79 Å². The van der Waals surface area contributed by atoms with E-state index in [2.05, 4.69) is 0 Å². The Kier molecular flexibility index (Phi) is 4.50. The molecule has 2 heterocycles. The molecular formula is C21H19IO7. The molecule has 152 valence electrons. The Morgan fingerprint density at radius 2 is 1.83 bits per heavy atom. The highest BCUT2D eigenvalue weighted by Gasteiger charge is 2.52. The Labute approximate surface area is 181 Å².